The lowest BCUT2D eigenvalue weighted by atomic mass is 10.1. The number of amides is 1. The maximum absolute atomic E-state index is 12.4. The Hall–Kier alpha value is -2.05. The molecule has 0 aromatic heterocycles. The fourth-order valence-corrected chi connectivity index (χ4v) is 3.83. The van der Waals surface area contributed by atoms with E-state index in [-0.39, 0.29) is 26.9 Å². The molecule has 0 unspecified atom stereocenters. The summed E-state index contributed by atoms with van der Waals surface area (Å²) in [4.78, 5) is 11.1. The van der Waals surface area contributed by atoms with Crippen LogP contribution in [0, 0.1) is 0 Å². The molecule has 0 bridgehead atoms. The van der Waals surface area contributed by atoms with Gasteiger partial charge in [0.15, 0.2) is 9.84 Å². The van der Waals surface area contributed by atoms with Crippen LogP contribution in [0.25, 0.3) is 0 Å². The Morgan fingerprint density at radius 1 is 1.14 bits per heavy atom. The van der Waals surface area contributed by atoms with Gasteiger partial charge >= 0.3 is 0 Å². The maximum atomic E-state index is 12.4. The van der Waals surface area contributed by atoms with Crippen molar-refractivity contribution in [2.24, 2.45) is 5.73 Å². The number of hydrogen-bond donors (Lipinski definition) is 2. The zero-order valence-electron chi connectivity index (χ0n) is 10.9. The molecule has 0 aliphatic carbocycles. The first-order chi connectivity index (χ1) is 9.81. The molecule has 0 spiro atoms. The van der Waals surface area contributed by atoms with Crippen molar-refractivity contribution in [3.05, 3.63) is 58.6 Å². The molecule has 0 saturated heterocycles. The Morgan fingerprint density at radius 2 is 1.81 bits per heavy atom. The molecule has 0 aliphatic heterocycles. The van der Waals surface area contributed by atoms with Crippen molar-refractivity contribution >= 4 is 33.0 Å². The highest BCUT2D eigenvalue weighted by atomic mass is 35.5. The lowest BCUT2D eigenvalue weighted by Gasteiger charge is -2.09. The summed E-state index contributed by atoms with van der Waals surface area (Å²) >= 11 is 5.91. The number of primary amides is 1. The lowest BCUT2D eigenvalue weighted by Crippen LogP contribution is -2.13. The van der Waals surface area contributed by atoms with E-state index >= 15 is 0 Å². The second-order valence-corrected chi connectivity index (χ2v) is 6.83. The summed E-state index contributed by atoms with van der Waals surface area (Å²) in [5.74, 6) is -0.927. The summed E-state index contributed by atoms with van der Waals surface area (Å²) in [6.07, 6.45) is 0. The predicted octanol–water partition coefficient (Wildman–Crippen LogP) is 2.00. The van der Waals surface area contributed by atoms with E-state index in [4.69, 9.17) is 23.1 Å². The number of hydrogen-bond acceptors (Lipinski definition) is 4. The number of carbonyl (C=O) groups excluding carboxylic acids is 1. The van der Waals surface area contributed by atoms with Gasteiger partial charge in [-0.25, -0.2) is 8.42 Å². The van der Waals surface area contributed by atoms with Gasteiger partial charge in [0.2, 0.25) is 5.91 Å². The minimum absolute atomic E-state index is 0.0463. The number of anilines is 1. The van der Waals surface area contributed by atoms with Gasteiger partial charge in [0.25, 0.3) is 0 Å². The van der Waals surface area contributed by atoms with Gasteiger partial charge < -0.3 is 11.5 Å². The minimum Gasteiger partial charge on any atom is -0.398 e. The Bertz CT molecular complexity index is 804. The molecule has 0 radical (unpaired) electrons. The van der Waals surface area contributed by atoms with Crippen LogP contribution < -0.4 is 11.5 Å². The largest absolute Gasteiger partial charge is 0.398 e. The maximum Gasteiger partial charge on any atom is 0.248 e. The number of halogens is 1. The Morgan fingerprint density at radius 3 is 2.38 bits per heavy atom. The number of benzene rings is 2. The highest BCUT2D eigenvalue weighted by molar-refractivity contribution is 7.90. The van der Waals surface area contributed by atoms with Crippen molar-refractivity contribution in [3.8, 4) is 0 Å². The second-order valence-electron chi connectivity index (χ2n) is 4.47. The van der Waals surface area contributed by atoms with Crippen LogP contribution in [0.5, 0.6) is 0 Å². The molecule has 7 heteroatoms. The first kappa shape index (κ1) is 15.3. The summed E-state index contributed by atoms with van der Waals surface area (Å²) in [5, 5.41) is 0.157. The zero-order valence-corrected chi connectivity index (χ0v) is 12.5. The van der Waals surface area contributed by atoms with Gasteiger partial charge in [0.1, 0.15) is 0 Å². The molecule has 2 rings (SSSR count). The van der Waals surface area contributed by atoms with Crippen LogP contribution in [0.1, 0.15) is 15.9 Å². The average molecular weight is 325 g/mol. The monoisotopic (exact) mass is 324 g/mol. The van der Waals surface area contributed by atoms with Gasteiger partial charge in [-0.3, -0.25) is 4.79 Å². The molecule has 1 amide bonds. The SMILES string of the molecule is NC(=O)c1ccc(CS(=O)(=O)c2ccccc2Cl)c(N)c1. The third-order valence-electron chi connectivity index (χ3n) is 2.95. The number of carbonyl (C=O) groups is 1. The fourth-order valence-electron chi connectivity index (χ4n) is 1.86. The van der Waals surface area contributed by atoms with Crippen LogP contribution in [-0.4, -0.2) is 14.3 Å². The van der Waals surface area contributed by atoms with Crippen LogP contribution in [0.4, 0.5) is 5.69 Å². The number of nitrogen functional groups attached to an aromatic ring is 1. The fraction of sp³-hybridized carbons (Fsp3) is 0.0714. The lowest BCUT2D eigenvalue weighted by molar-refractivity contribution is 0.100. The van der Waals surface area contributed by atoms with E-state index in [0.29, 0.717) is 5.56 Å². The Balaban J connectivity index is 2.38. The minimum atomic E-state index is -3.63. The highest BCUT2D eigenvalue weighted by Crippen LogP contribution is 2.26. The zero-order chi connectivity index (χ0) is 15.6. The van der Waals surface area contributed by atoms with Crippen molar-refractivity contribution in [2.75, 3.05) is 5.73 Å². The van der Waals surface area contributed by atoms with E-state index in [2.05, 4.69) is 0 Å². The average Bonchev–Trinajstić information content (AvgIpc) is 2.41. The summed E-state index contributed by atoms with van der Waals surface area (Å²) in [5.41, 5.74) is 11.7. The first-order valence-corrected chi connectivity index (χ1v) is 8.00. The van der Waals surface area contributed by atoms with Gasteiger partial charge in [0.05, 0.1) is 15.7 Å². The van der Waals surface area contributed by atoms with Gasteiger partial charge in [-0.1, -0.05) is 29.8 Å². The molecule has 4 N–H and O–H groups in total. The van der Waals surface area contributed by atoms with Crippen molar-refractivity contribution in [3.63, 3.8) is 0 Å². The normalized spacial score (nSPS) is 11.3. The first-order valence-electron chi connectivity index (χ1n) is 5.97. The molecule has 0 fully saturated rings. The van der Waals surface area contributed by atoms with Crippen molar-refractivity contribution in [2.45, 2.75) is 10.6 Å². The van der Waals surface area contributed by atoms with Gasteiger partial charge in [-0.15, -0.1) is 0 Å². The van der Waals surface area contributed by atoms with E-state index in [1.54, 1.807) is 12.1 Å². The van der Waals surface area contributed by atoms with E-state index in [9.17, 15) is 13.2 Å². The molecule has 21 heavy (non-hydrogen) atoms. The molecule has 2 aromatic rings. The molecule has 0 saturated carbocycles. The van der Waals surface area contributed by atoms with Crippen LogP contribution in [0.15, 0.2) is 47.4 Å². The van der Waals surface area contributed by atoms with Gasteiger partial charge in [0, 0.05) is 11.3 Å². The van der Waals surface area contributed by atoms with Crippen LogP contribution in [-0.2, 0) is 15.6 Å². The molecular formula is C14H13ClN2O3S. The molecule has 5 nitrogen and oxygen atoms in total. The summed E-state index contributed by atoms with van der Waals surface area (Å²) in [6.45, 7) is 0. The summed E-state index contributed by atoms with van der Waals surface area (Å²) < 4.78 is 24.7. The molecule has 0 atom stereocenters. The number of sulfone groups is 1. The quantitative estimate of drug-likeness (QED) is 0.839. The molecule has 110 valence electrons. The van der Waals surface area contributed by atoms with E-state index < -0.39 is 15.7 Å². The highest BCUT2D eigenvalue weighted by Gasteiger charge is 2.20. The number of rotatable bonds is 4. The van der Waals surface area contributed by atoms with Crippen molar-refractivity contribution < 1.29 is 13.2 Å². The predicted molar refractivity (Wildman–Crippen MR) is 81.7 cm³/mol. The van der Waals surface area contributed by atoms with E-state index in [1.807, 2.05) is 0 Å². The molecule has 0 aliphatic rings. The van der Waals surface area contributed by atoms with Gasteiger partial charge in [-0.2, -0.15) is 0 Å². The molecular weight excluding hydrogens is 312 g/mol. The van der Waals surface area contributed by atoms with Gasteiger partial charge in [-0.05, 0) is 29.8 Å². The molecule has 0 heterocycles. The number of nitrogens with two attached hydrogens (primary N) is 2. The standard InChI is InChI=1S/C14H13ClN2O3S/c15-11-3-1-2-4-13(11)21(19,20)8-10-6-5-9(14(17)18)7-12(10)16/h1-7H,8,16H2,(H2,17,18). The summed E-state index contributed by atoms with van der Waals surface area (Å²) in [7, 11) is -3.63. The topological polar surface area (TPSA) is 103 Å². The smallest absolute Gasteiger partial charge is 0.248 e. The second kappa shape index (κ2) is 5.75. The van der Waals surface area contributed by atoms with E-state index in [0.717, 1.165) is 0 Å². The van der Waals surface area contributed by atoms with E-state index in [1.165, 1.54) is 30.3 Å². The summed E-state index contributed by atoms with van der Waals surface area (Å²) in [6, 6.07) is 10.5. The van der Waals surface area contributed by atoms with Crippen molar-refractivity contribution in [1.29, 1.82) is 0 Å². The Labute approximate surface area is 127 Å². The van der Waals surface area contributed by atoms with Crippen LogP contribution >= 0.6 is 11.6 Å². The van der Waals surface area contributed by atoms with Crippen LogP contribution in [0.2, 0.25) is 5.02 Å². The Kier molecular flexibility index (Phi) is 4.20. The van der Waals surface area contributed by atoms with Crippen molar-refractivity contribution in [1.82, 2.24) is 0 Å². The third-order valence-corrected chi connectivity index (χ3v) is 5.11. The van der Waals surface area contributed by atoms with Crippen LogP contribution in [0.3, 0.4) is 0 Å². The molecule has 2 aromatic carbocycles. The third kappa shape index (κ3) is 3.34.